The molecule has 1 aromatic carbocycles. The Bertz CT molecular complexity index is 381. The third kappa shape index (κ3) is 2.86. The molecule has 1 unspecified atom stereocenters. The summed E-state index contributed by atoms with van der Waals surface area (Å²) in [6.07, 6.45) is 2.30. The monoisotopic (exact) mass is 246 g/mol. The predicted molar refractivity (Wildman–Crippen MR) is 79.3 cm³/mol. The van der Waals surface area contributed by atoms with Crippen molar-refractivity contribution in [3.63, 3.8) is 0 Å². The van der Waals surface area contributed by atoms with Crippen molar-refractivity contribution < 1.29 is 0 Å². The zero-order chi connectivity index (χ0) is 13.2. The Morgan fingerprint density at radius 3 is 2.56 bits per heavy atom. The van der Waals surface area contributed by atoms with Gasteiger partial charge in [0.25, 0.3) is 0 Å². The molecule has 1 aliphatic rings. The van der Waals surface area contributed by atoms with Gasteiger partial charge in [0.1, 0.15) is 0 Å². The molecule has 1 N–H and O–H groups in total. The summed E-state index contributed by atoms with van der Waals surface area (Å²) in [5, 5.41) is 3.58. The first-order valence-corrected chi connectivity index (χ1v) is 7.13. The summed E-state index contributed by atoms with van der Waals surface area (Å²) < 4.78 is 0. The van der Waals surface area contributed by atoms with Gasteiger partial charge in [0.2, 0.25) is 0 Å². The Kier molecular flexibility index (Phi) is 3.96. The minimum atomic E-state index is 0.228. The van der Waals surface area contributed by atoms with E-state index in [2.05, 4.69) is 62.2 Å². The Morgan fingerprint density at radius 2 is 1.94 bits per heavy atom. The lowest BCUT2D eigenvalue weighted by molar-refractivity contribution is 0.453. The maximum atomic E-state index is 3.58. The van der Waals surface area contributed by atoms with E-state index >= 15 is 0 Å². The molecule has 1 saturated heterocycles. The molecular formula is C16H26N2. The van der Waals surface area contributed by atoms with Crippen molar-refractivity contribution in [2.24, 2.45) is 0 Å². The Morgan fingerprint density at radius 1 is 1.28 bits per heavy atom. The van der Waals surface area contributed by atoms with Crippen LogP contribution in [0.15, 0.2) is 24.3 Å². The third-order valence-electron chi connectivity index (χ3n) is 4.07. The fourth-order valence-corrected chi connectivity index (χ4v) is 2.71. The molecule has 1 aliphatic heterocycles. The molecule has 1 atom stereocenters. The predicted octanol–water partition coefficient (Wildman–Crippen LogP) is 3.22. The van der Waals surface area contributed by atoms with E-state index < -0.39 is 0 Å². The van der Waals surface area contributed by atoms with Gasteiger partial charge in [-0.1, -0.05) is 19.1 Å². The van der Waals surface area contributed by atoms with E-state index in [9.17, 15) is 0 Å². The molecule has 2 heteroatoms. The minimum Gasteiger partial charge on any atom is -0.365 e. The van der Waals surface area contributed by atoms with Crippen LogP contribution in [0.4, 0.5) is 5.69 Å². The second-order valence-electron chi connectivity index (χ2n) is 6.05. The second-order valence-corrected chi connectivity index (χ2v) is 6.05. The van der Waals surface area contributed by atoms with Crippen molar-refractivity contribution in [2.75, 3.05) is 18.0 Å². The molecule has 0 aliphatic carbocycles. The van der Waals surface area contributed by atoms with Gasteiger partial charge in [0.05, 0.1) is 0 Å². The normalized spacial score (nSPS) is 23.8. The summed E-state index contributed by atoms with van der Waals surface area (Å²) in [5.41, 5.74) is 3.00. The molecule has 1 aromatic rings. The van der Waals surface area contributed by atoms with E-state index in [0.717, 1.165) is 19.5 Å². The van der Waals surface area contributed by atoms with Crippen LogP contribution in [0.5, 0.6) is 0 Å². The highest BCUT2D eigenvalue weighted by atomic mass is 15.2. The lowest BCUT2D eigenvalue weighted by Gasteiger charge is -2.39. The molecule has 100 valence electrons. The molecule has 0 spiro atoms. The van der Waals surface area contributed by atoms with Crippen molar-refractivity contribution in [3.05, 3.63) is 29.8 Å². The first kappa shape index (κ1) is 13.4. The summed E-state index contributed by atoms with van der Waals surface area (Å²) in [6, 6.07) is 9.62. The van der Waals surface area contributed by atoms with E-state index in [-0.39, 0.29) is 5.54 Å². The summed E-state index contributed by atoms with van der Waals surface area (Å²) >= 11 is 0. The number of benzene rings is 1. The van der Waals surface area contributed by atoms with Crippen molar-refractivity contribution in [1.29, 1.82) is 0 Å². The van der Waals surface area contributed by atoms with Gasteiger partial charge in [0, 0.05) is 23.8 Å². The number of hydrogen-bond acceptors (Lipinski definition) is 2. The van der Waals surface area contributed by atoms with Gasteiger partial charge in [-0.2, -0.15) is 0 Å². The van der Waals surface area contributed by atoms with Crippen LogP contribution in [0, 0.1) is 0 Å². The quantitative estimate of drug-likeness (QED) is 0.862. The first-order valence-electron chi connectivity index (χ1n) is 7.13. The second kappa shape index (κ2) is 5.31. The third-order valence-corrected chi connectivity index (χ3v) is 4.07. The fraction of sp³-hybridized carbons (Fsp3) is 0.625. The average Bonchev–Trinajstić information content (AvgIpc) is 2.48. The number of nitrogens with one attached hydrogen (secondary N) is 1. The van der Waals surface area contributed by atoms with Crippen LogP contribution in [-0.4, -0.2) is 24.7 Å². The summed E-state index contributed by atoms with van der Waals surface area (Å²) in [4.78, 5) is 2.55. The van der Waals surface area contributed by atoms with Crippen LogP contribution in [0.1, 0.15) is 39.7 Å². The molecule has 2 rings (SSSR count). The van der Waals surface area contributed by atoms with Crippen molar-refractivity contribution in [2.45, 2.75) is 52.1 Å². The van der Waals surface area contributed by atoms with Crippen molar-refractivity contribution in [1.82, 2.24) is 5.32 Å². The lowest BCUT2D eigenvalue weighted by atomic mass is 9.97. The van der Waals surface area contributed by atoms with Crippen LogP contribution in [-0.2, 0) is 6.42 Å². The number of nitrogens with zero attached hydrogens (tertiary/aromatic N) is 1. The molecule has 0 bridgehead atoms. The fourth-order valence-electron chi connectivity index (χ4n) is 2.71. The van der Waals surface area contributed by atoms with E-state index in [0.29, 0.717) is 6.04 Å². The highest BCUT2D eigenvalue weighted by molar-refractivity contribution is 5.50. The van der Waals surface area contributed by atoms with Gasteiger partial charge < -0.3 is 10.2 Å². The molecule has 2 nitrogen and oxygen atoms in total. The van der Waals surface area contributed by atoms with Crippen LogP contribution < -0.4 is 10.2 Å². The smallest absolute Gasteiger partial charge is 0.0371 e. The minimum absolute atomic E-state index is 0.228. The highest BCUT2D eigenvalue weighted by Gasteiger charge is 2.30. The largest absolute Gasteiger partial charge is 0.365 e. The van der Waals surface area contributed by atoms with E-state index in [4.69, 9.17) is 0 Å². The SMILES string of the molecule is CCc1ccc(N2CC(C)NCCC2(C)C)cc1. The number of anilines is 1. The number of hydrogen-bond donors (Lipinski definition) is 1. The van der Waals surface area contributed by atoms with Gasteiger partial charge in [-0.3, -0.25) is 0 Å². The molecule has 1 heterocycles. The lowest BCUT2D eigenvalue weighted by Crippen LogP contribution is -2.46. The molecule has 0 amide bonds. The Balaban J connectivity index is 2.26. The summed E-state index contributed by atoms with van der Waals surface area (Å²) in [6.45, 7) is 11.4. The van der Waals surface area contributed by atoms with Crippen molar-refractivity contribution >= 4 is 5.69 Å². The Labute approximate surface area is 111 Å². The molecule has 0 aromatic heterocycles. The van der Waals surface area contributed by atoms with Crippen LogP contribution in [0.25, 0.3) is 0 Å². The molecule has 1 fully saturated rings. The van der Waals surface area contributed by atoms with E-state index in [1.807, 2.05) is 0 Å². The summed E-state index contributed by atoms with van der Waals surface area (Å²) in [7, 11) is 0. The molecule has 0 saturated carbocycles. The average molecular weight is 246 g/mol. The van der Waals surface area contributed by atoms with Gasteiger partial charge in [-0.15, -0.1) is 0 Å². The van der Waals surface area contributed by atoms with Crippen LogP contribution in [0.2, 0.25) is 0 Å². The molecular weight excluding hydrogens is 220 g/mol. The topological polar surface area (TPSA) is 15.3 Å². The molecule has 0 radical (unpaired) electrons. The highest BCUT2D eigenvalue weighted by Crippen LogP contribution is 2.28. The van der Waals surface area contributed by atoms with Crippen LogP contribution in [0.3, 0.4) is 0 Å². The maximum absolute atomic E-state index is 3.58. The standard InChI is InChI=1S/C16H26N2/c1-5-14-6-8-15(9-7-14)18-12-13(2)17-11-10-16(18,3)4/h6-9,13,17H,5,10-12H2,1-4H3. The number of rotatable bonds is 2. The summed E-state index contributed by atoms with van der Waals surface area (Å²) in [5.74, 6) is 0. The zero-order valence-corrected chi connectivity index (χ0v) is 12.2. The van der Waals surface area contributed by atoms with Gasteiger partial charge in [-0.25, -0.2) is 0 Å². The number of aryl methyl sites for hydroxylation is 1. The van der Waals surface area contributed by atoms with Gasteiger partial charge in [0.15, 0.2) is 0 Å². The van der Waals surface area contributed by atoms with E-state index in [1.165, 1.54) is 17.7 Å². The van der Waals surface area contributed by atoms with E-state index in [1.54, 1.807) is 0 Å². The zero-order valence-electron chi connectivity index (χ0n) is 12.2. The van der Waals surface area contributed by atoms with Crippen LogP contribution >= 0.6 is 0 Å². The van der Waals surface area contributed by atoms with Gasteiger partial charge in [-0.05, 0) is 57.9 Å². The Hall–Kier alpha value is -1.02. The molecule has 18 heavy (non-hydrogen) atoms. The maximum Gasteiger partial charge on any atom is 0.0371 e. The van der Waals surface area contributed by atoms with Gasteiger partial charge >= 0.3 is 0 Å². The first-order chi connectivity index (χ1) is 8.53. The van der Waals surface area contributed by atoms with Crippen molar-refractivity contribution in [3.8, 4) is 0 Å².